The highest BCUT2D eigenvalue weighted by molar-refractivity contribution is 6.33. The number of rotatable bonds is 6. The minimum absolute atomic E-state index is 0.659. The van der Waals surface area contributed by atoms with Crippen LogP contribution in [0.15, 0.2) is 29.3 Å². The van der Waals surface area contributed by atoms with Gasteiger partial charge in [0.25, 0.3) is 0 Å². The minimum atomic E-state index is 0.659. The molecule has 0 radical (unpaired) electrons. The second kappa shape index (κ2) is 9.98. The molecule has 0 spiro atoms. The number of nitrogens with zero attached hydrogens (tertiary/aromatic N) is 5. The van der Waals surface area contributed by atoms with Crippen LogP contribution >= 0.6 is 11.6 Å². The smallest absolute Gasteiger partial charge is 0.194 e. The summed E-state index contributed by atoms with van der Waals surface area (Å²) in [5.74, 6) is 0.923. The number of aryl methyl sites for hydroxylation is 1. The molecule has 1 aromatic heterocycles. The third-order valence-electron chi connectivity index (χ3n) is 5.45. The fraction of sp³-hybridized carbons (Fsp3) is 0.524. The summed E-state index contributed by atoms with van der Waals surface area (Å²) in [6.07, 6.45) is 0. The van der Waals surface area contributed by atoms with Gasteiger partial charge in [-0.2, -0.15) is 5.10 Å². The maximum Gasteiger partial charge on any atom is 0.194 e. The van der Waals surface area contributed by atoms with Gasteiger partial charge in [0.05, 0.1) is 29.6 Å². The second-order valence-electron chi connectivity index (χ2n) is 7.19. The number of hydrogen-bond donors (Lipinski definition) is 1. The topological polar surface area (TPSA) is 57.9 Å². The SMILES string of the molecule is CN=C(NCc1c(C)nn(CCOC)c1C)N1CCN(c2ccccc2Cl)CC1. The number of ether oxygens (including phenoxy) is 1. The van der Waals surface area contributed by atoms with Crippen LogP contribution in [0, 0.1) is 13.8 Å². The number of aliphatic imine (C=N–C) groups is 1. The predicted octanol–water partition coefficient (Wildman–Crippen LogP) is 2.70. The van der Waals surface area contributed by atoms with Crippen molar-refractivity contribution in [3.05, 3.63) is 46.2 Å². The highest BCUT2D eigenvalue weighted by Gasteiger charge is 2.21. The molecule has 3 rings (SSSR count). The van der Waals surface area contributed by atoms with Crippen molar-refractivity contribution < 1.29 is 4.74 Å². The molecule has 7 nitrogen and oxygen atoms in total. The third kappa shape index (κ3) is 5.03. The van der Waals surface area contributed by atoms with E-state index in [0.717, 1.165) is 55.1 Å². The summed E-state index contributed by atoms with van der Waals surface area (Å²) >= 11 is 6.36. The van der Waals surface area contributed by atoms with Gasteiger partial charge >= 0.3 is 0 Å². The Hall–Kier alpha value is -2.25. The van der Waals surface area contributed by atoms with Crippen LogP contribution in [0.25, 0.3) is 0 Å². The van der Waals surface area contributed by atoms with Gasteiger partial charge in [-0.1, -0.05) is 23.7 Å². The Bertz CT molecular complexity index is 842. The zero-order valence-corrected chi connectivity index (χ0v) is 18.5. The van der Waals surface area contributed by atoms with E-state index in [1.54, 1.807) is 7.11 Å². The molecule has 0 unspecified atom stereocenters. The molecule has 1 aromatic carbocycles. The van der Waals surface area contributed by atoms with Gasteiger partial charge in [-0.25, -0.2) is 0 Å². The molecule has 1 aliphatic heterocycles. The maximum atomic E-state index is 6.36. The summed E-state index contributed by atoms with van der Waals surface area (Å²) in [6, 6.07) is 8.03. The molecule has 158 valence electrons. The van der Waals surface area contributed by atoms with Gasteiger partial charge in [-0.3, -0.25) is 9.67 Å². The molecule has 2 aromatic rings. The Balaban J connectivity index is 1.58. The number of halogens is 1. The normalized spacial score (nSPS) is 15.1. The predicted molar refractivity (Wildman–Crippen MR) is 119 cm³/mol. The van der Waals surface area contributed by atoms with Crippen LogP contribution in [0.4, 0.5) is 5.69 Å². The molecular formula is C21H31ClN6O. The van der Waals surface area contributed by atoms with E-state index in [9.17, 15) is 0 Å². The van der Waals surface area contributed by atoms with E-state index < -0.39 is 0 Å². The monoisotopic (exact) mass is 418 g/mol. The number of anilines is 1. The van der Waals surface area contributed by atoms with Gasteiger partial charge in [0, 0.05) is 58.1 Å². The molecule has 0 bridgehead atoms. The van der Waals surface area contributed by atoms with Crippen molar-refractivity contribution in [2.75, 3.05) is 51.8 Å². The Morgan fingerprint density at radius 2 is 1.93 bits per heavy atom. The first-order valence-corrected chi connectivity index (χ1v) is 10.4. The summed E-state index contributed by atoms with van der Waals surface area (Å²) in [4.78, 5) is 9.13. The molecule has 0 amide bonds. The van der Waals surface area contributed by atoms with Gasteiger partial charge < -0.3 is 19.9 Å². The van der Waals surface area contributed by atoms with E-state index in [1.807, 2.05) is 29.9 Å². The first-order chi connectivity index (χ1) is 14.0. The molecule has 0 saturated carbocycles. The third-order valence-corrected chi connectivity index (χ3v) is 5.77. The maximum absolute atomic E-state index is 6.36. The molecular weight excluding hydrogens is 388 g/mol. The minimum Gasteiger partial charge on any atom is -0.383 e. The van der Waals surface area contributed by atoms with Gasteiger partial charge in [0.15, 0.2) is 5.96 Å². The standard InChI is InChI=1S/C21H31ClN6O/c1-16-18(17(2)28(25-16)13-14-29-4)15-24-21(23-3)27-11-9-26(10-12-27)20-8-6-5-7-19(20)22/h5-8H,9-15H2,1-4H3,(H,23,24). The van der Waals surface area contributed by atoms with Crippen molar-refractivity contribution in [3.63, 3.8) is 0 Å². The summed E-state index contributed by atoms with van der Waals surface area (Å²) < 4.78 is 7.19. The van der Waals surface area contributed by atoms with Crippen LogP contribution in [-0.4, -0.2) is 67.6 Å². The highest BCUT2D eigenvalue weighted by atomic mass is 35.5. The lowest BCUT2D eigenvalue weighted by atomic mass is 10.2. The quantitative estimate of drug-likeness (QED) is 0.577. The van der Waals surface area contributed by atoms with Crippen molar-refractivity contribution >= 4 is 23.2 Å². The fourth-order valence-corrected chi connectivity index (χ4v) is 4.01. The lowest BCUT2D eigenvalue weighted by molar-refractivity contribution is 0.182. The average molecular weight is 419 g/mol. The Kier molecular flexibility index (Phi) is 7.39. The van der Waals surface area contributed by atoms with Crippen LogP contribution in [-0.2, 0) is 17.8 Å². The van der Waals surface area contributed by atoms with Crippen LogP contribution in [0.5, 0.6) is 0 Å². The molecule has 1 fully saturated rings. The molecule has 1 aliphatic rings. The molecule has 1 saturated heterocycles. The number of benzene rings is 1. The summed E-state index contributed by atoms with van der Waals surface area (Å²) in [5, 5.41) is 8.96. The Labute approximate surface area is 178 Å². The average Bonchev–Trinajstić information content (AvgIpc) is 3.01. The van der Waals surface area contributed by atoms with Gasteiger partial charge in [0.1, 0.15) is 0 Å². The summed E-state index contributed by atoms with van der Waals surface area (Å²) in [7, 11) is 3.55. The number of nitrogens with one attached hydrogen (secondary N) is 1. The molecule has 0 aliphatic carbocycles. The van der Waals surface area contributed by atoms with Crippen LogP contribution in [0.1, 0.15) is 17.0 Å². The van der Waals surface area contributed by atoms with E-state index in [0.29, 0.717) is 13.2 Å². The van der Waals surface area contributed by atoms with Gasteiger partial charge in [0.2, 0.25) is 0 Å². The molecule has 0 atom stereocenters. The number of aromatic nitrogens is 2. The van der Waals surface area contributed by atoms with E-state index >= 15 is 0 Å². The fourth-order valence-electron chi connectivity index (χ4n) is 3.75. The van der Waals surface area contributed by atoms with Crippen molar-refractivity contribution in [2.45, 2.75) is 26.9 Å². The Morgan fingerprint density at radius 3 is 2.59 bits per heavy atom. The number of para-hydroxylation sites is 1. The zero-order chi connectivity index (χ0) is 20.8. The van der Waals surface area contributed by atoms with Crippen molar-refractivity contribution in [3.8, 4) is 0 Å². The van der Waals surface area contributed by atoms with E-state index in [4.69, 9.17) is 16.3 Å². The number of methoxy groups -OCH3 is 1. The first-order valence-electron chi connectivity index (χ1n) is 10.0. The van der Waals surface area contributed by atoms with Gasteiger partial charge in [-0.05, 0) is 26.0 Å². The van der Waals surface area contributed by atoms with E-state index in [-0.39, 0.29) is 0 Å². The lowest BCUT2D eigenvalue weighted by Crippen LogP contribution is -2.52. The zero-order valence-electron chi connectivity index (χ0n) is 17.8. The van der Waals surface area contributed by atoms with Crippen LogP contribution < -0.4 is 10.2 Å². The molecule has 2 heterocycles. The highest BCUT2D eigenvalue weighted by Crippen LogP contribution is 2.26. The number of piperazine rings is 1. The first kappa shape index (κ1) is 21.5. The van der Waals surface area contributed by atoms with Crippen molar-refractivity contribution in [2.24, 2.45) is 4.99 Å². The second-order valence-corrected chi connectivity index (χ2v) is 7.60. The molecule has 8 heteroatoms. The van der Waals surface area contributed by atoms with Gasteiger partial charge in [-0.15, -0.1) is 0 Å². The number of guanidine groups is 1. The summed E-state index contributed by atoms with van der Waals surface area (Å²) in [6.45, 7) is 9.92. The van der Waals surface area contributed by atoms with E-state index in [1.165, 1.54) is 11.3 Å². The van der Waals surface area contributed by atoms with E-state index in [2.05, 4.69) is 45.1 Å². The summed E-state index contributed by atoms with van der Waals surface area (Å²) in [5.41, 5.74) is 4.54. The largest absolute Gasteiger partial charge is 0.383 e. The van der Waals surface area contributed by atoms with Crippen molar-refractivity contribution in [1.29, 1.82) is 0 Å². The Morgan fingerprint density at radius 1 is 1.21 bits per heavy atom. The number of hydrogen-bond acceptors (Lipinski definition) is 4. The van der Waals surface area contributed by atoms with Crippen LogP contribution in [0.2, 0.25) is 5.02 Å². The van der Waals surface area contributed by atoms with Crippen LogP contribution in [0.3, 0.4) is 0 Å². The lowest BCUT2D eigenvalue weighted by Gasteiger charge is -2.38. The molecule has 1 N–H and O–H groups in total. The molecule has 29 heavy (non-hydrogen) atoms. The van der Waals surface area contributed by atoms with Crippen molar-refractivity contribution in [1.82, 2.24) is 20.0 Å².